The fourth-order valence-electron chi connectivity index (χ4n) is 4.19. The Bertz CT molecular complexity index is 657. The number of likely N-dealkylation sites (tertiary alicyclic amines) is 1. The topological polar surface area (TPSA) is 4.44 Å². The lowest BCUT2D eigenvalue weighted by Gasteiger charge is -2.30. The summed E-state index contributed by atoms with van der Waals surface area (Å²) in [6.07, 6.45) is 1.36. The average molecular weight is 389 g/mol. The Morgan fingerprint density at radius 2 is 1.83 bits per heavy atom. The summed E-state index contributed by atoms with van der Waals surface area (Å²) < 4.78 is 0. The molecule has 2 aliphatic rings. The molecule has 0 amide bonds. The molecule has 0 spiro atoms. The number of piperidine rings is 1. The third kappa shape index (κ3) is 3.24. The van der Waals surface area contributed by atoms with Crippen molar-refractivity contribution in [3.63, 3.8) is 0 Å². The van der Waals surface area contributed by atoms with Crippen molar-refractivity contribution in [1.29, 1.82) is 0 Å². The molecule has 1 aliphatic carbocycles. The summed E-state index contributed by atoms with van der Waals surface area (Å²) in [6.45, 7) is 4.64. The van der Waals surface area contributed by atoms with E-state index in [1.165, 1.54) is 29.0 Å². The minimum Gasteiger partial charge on any atom is -0.327 e. The first-order valence-electron chi connectivity index (χ1n) is 8.46. The molecule has 0 radical (unpaired) electrons. The standard InChI is InChI=1S/C20H22BrNS/c1-14-7-9-17(10-8-14)23-18-11-16-13-22(20(18)19(16)21)12-15-5-3-2-4-6-15/h2-10,16,18-20H,11-13H2,1H3/p+1/t16-,18-,19+,20-/m0/s1. The summed E-state index contributed by atoms with van der Waals surface area (Å²) in [5, 5.41) is 0.736. The zero-order valence-corrected chi connectivity index (χ0v) is 15.8. The number of alkyl halides is 1. The van der Waals surface area contributed by atoms with Crippen molar-refractivity contribution in [2.75, 3.05) is 6.54 Å². The minimum atomic E-state index is 0.684. The number of quaternary nitrogens is 1. The SMILES string of the molecule is Cc1ccc(S[C@H]2C[C@H]3C[NH+](Cc4ccccc4)[C@@H]2[C@@H]3Br)cc1. The number of hydrogen-bond donors (Lipinski definition) is 1. The van der Waals surface area contributed by atoms with E-state index in [0.29, 0.717) is 4.83 Å². The highest BCUT2D eigenvalue weighted by atomic mass is 79.9. The molecule has 0 aromatic heterocycles. The maximum absolute atomic E-state index is 4.02. The lowest BCUT2D eigenvalue weighted by molar-refractivity contribution is -0.929. The monoisotopic (exact) mass is 388 g/mol. The van der Waals surface area contributed by atoms with Gasteiger partial charge < -0.3 is 4.90 Å². The van der Waals surface area contributed by atoms with Crippen molar-refractivity contribution < 1.29 is 4.90 Å². The first kappa shape index (κ1) is 15.7. The summed E-state index contributed by atoms with van der Waals surface area (Å²) in [4.78, 5) is 3.87. The van der Waals surface area contributed by atoms with Crippen LogP contribution in [0.3, 0.4) is 0 Å². The number of benzene rings is 2. The van der Waals surface area contributed by atoms with E-state index in [4.69, 9.17) is 0 Å². The van der Waals surface area contributed by atoms with Gasteiger partial charge in [0.15, 0.2) is 0 Å². The number of fused-ring (bicyclic) bond motifs is 2. The number of nitrogens with one attached hydrogen (secondary N) is 1. The van der Waals surface area contributed by atoms with Crippen LogP contribution in [-0.2, 0) is 6.54 Å². The second kappa shape index (κ2) is 6.62. The van der Waals surface area contributed by atoms with Gasteiger partial charge in [0.25, 0.3) is 0 Å². The van der Waals surface area contributed by atoms with E-state index >= 15 is 0 Å². The van der Waals surface area contributed by atoms with Crippen LogP contribution in [0.1, 0.15) is 17.5 Å². The molecule has 1 N–H and O–H groups in total. The van der Waals surface area contributed by atoms with Gasteiger partial charge in [-0.15, -0.1) is 11.8 Å². The van der Waals surface area contributed by atoms with E-state index in [0.717, 1.165) is 23.8 Å². The van der Waals surface area contributed by atoms with Crippen LogP contribution in [-0.4, -0.2) is 22.7 Å². The highest BCUT2D eigenvalue weighted by Crippen LogP contribution is 2.42. The van der Waals surface area contributed by atoms with Gasteiger partial charge in [-0.25, -0.2) is 0 Å². The van der Waals surface area contributed by atoms with Gasteiger partial charge in [-0.3, -0.25) is 0 Å². The van der Waals surface area contributed by atoms with Crippen molar-refractivity contribution in [2.24, 2.45) is 5.92 Å². The number of aryl methyl sites for hydroxylation is 1. The summed E-state index contributed by atoms with van der Waals surface area (Å²) in [6, 6.07) is 20.7. The van der Waals surface area contributed by atoms with E-state index in [2.05, 4.69) is 89.2 Å². The Balaban J connectivity index is 1.48. The zero-order valence-electron chi connectivity index (χ0n) is 13.4. The van der Waals surface area contributed by atoms with Crippen molar-refractivity contribution >= 4 is 27.7 Å². The third-order valence-corrected chi connectivity index (χ3v) is 7.96. The van der Waals surface area contributed by atoms with Crippen LogP contribution >= 0.6 is 27.7 Å². The van der Waals surface area contributed by atoms with E-state index in [-0.39, 0.29) is 0 Å². The van der Waals surface area contributed by atoms with Crippen LogP contribution in [0.4, 0.5) is 0 Å². The number of halogens is 1. The Morgan fingerprint density at radius 1 is 1.09 bits per heavy atom. The fraction of sp³-hybridized carbons (Fsp3) is 0.400. The molecule has 23 heavy (non-hydrogen) atoms. The van der Waals surface area contributed by atoms with Gasteiger partial charge in [0.05, 0.1) is 16.6 Å². The van der Waals surface area contributed by atoms with Gasteiger partial charge in [0.1, 0.15) is 12.6 Å². The Kier molecular flexibility index (Phi) is 4.53. The molecule has 1 heterocycles. The van der Waals surface area contributed by atoms with Gasteiger partial charge >= 0.3 is 0 Å². The minimum absolute atomic E-state index is 0.684. The Hall–Kier alpha value is -0.770. The van der Waals surface area contributed by atoms with Crippen molar-refractivity contribution in [3.8, 4) is 0 Å². The molecule has 5 atom stereocenters. The van der Waals surface area contributed by atoms with E-state index in [1.54, 1.807) is 4.90 Å². The first-order chi connectivity index (χ1) is 11.2. The van der Waals surface area contributed by atoms with Gasteiger partial charge in [0, 0.05) is 16.4 Å². The molecule has 1 saturated carbocycles. The van der Waals surface area contributed by atoms with E-state index in [9.17, 15) is 0 Å². The maximum Gasteiger partial charge on any atom is 0.113 e. The summed E-state index contributed by atoms with van der Waals surface area (Å²) in [7, 11) is 0. The Labute approximate surface area is 151 Å². The molecule has 4 rings (SSSR count). The molecular weight excluding hydrogens is 366 g/mol. The summed E-state index contributed by atoms with van der Waals surface area (Å²) in [5.41, 5.74) is 2.81. The van der Waals surface area contributed by atoms with Crippen molar-refractivity contribution in [1.82, 2.24) is 0 Å². The van der Waals surface area contributed by atoms with Crippen LogP contribution in [0.15, 0.2) is 59.5 Å². The van der Waals surface area contributed by atoms with E-state index < -0.39 is 0 Å². The lowest BCUT2D eigenvalue weighted by atomic mass is 10.1. The number of hydrogen-bond acceptors (Lipinski definition) is 1. The van der Waals surface area contributed by atoms with Crippen LogP contribution in [0, 0.1) is 12.8 Å². The summed E-state index contributed by atoms with van der Waals surface area (Å²) >= 11 is 6.11. The van der Waals surface area contributed by atoms with Gasteiger partial charge in [-0.05, 0) is 25.5 Å². The molecule has 3 heteroatoms. The number of rotatable bonds is 4. The molecule has 2 bridgehead atoms. The first-order valence-corrected chi connectivity index (χ1v) is 10.3. The average Bonchev–Trinajstić information content (AvgIpc) is 3.02. The predicted molar refractivity (Wildman–Crippen MR) is 101 cm³/mol. The van der Waals surface area contributed by atoms with Gasteiger partial charge in [0.2, 0.25) is 0 Å². The number of thioether (sulfide) groups is 1. The van der Waals surface area contributed by atoms with Crippen molar-refractivity contribution in [3.05, 3.63) is 65.7 Å². The quantitative estimate of drug-likeness (QED) is 0.782. The fourth-order valence-corrected chi connectivity index (χ4v) is 7.03. The molecular formula is C20H23BrNS+. The smallest absolute Gasteiger partial charge is 0.113 e. The molecule has 1 saturated heterocycles. The molecule has 1 aliphatic heterocycles. The summed E-state index contributed by atoms with van der Waals surface area (Å²) in [5.74, 6) is 0.835. The molecule has 1 unspecified atom stereocenters. The predicted octanol–water partition coefficient (Wildman–Crippen LogP) is 3.71. The highest BCUT2D eigenvalue weighted by molar-refractivity contribution is 9.09. The van der Waals surface area contributed by atoms with Crippen molar-refractivity contribution in [2.45, 2.75) is 40.9 Å². The highest BCUT2D eigenvalue weighted by Gasteiger charge is 2.55. The second-order valence-corrected chi connectivity index (χ2v) is 9.33. The van der Waals surface area contributed by atoms with E-state index in [1.807, 2.05) is 0 Å². The van der Waals surface area contributed by atoms with Gasteiger partial charge in [-0.2, -0.15) is 0 Å². The molecule has 1 nitrogen and oxygen atoms in total. The zero-order chi connectivity index (χ0) is 15.8. The second-order valence-electron chi connectivity index (χ2n) is 6.96. The molecule has 120 valence electrons. The largest absolute Gasteiger partial charge is 0.327 e. The maximum atomic E-state index is 4.02. The molecule has 2 fully saturated rings. The lowest BCUT2D eigenvalue weighted by Crippen LogP contribution is -3.15. The van der Waals surface area contributed by atoms with Crippen LogP contribution in [0.5, 0.6) is 0 Å². The van der Waals surface area contributed by atoms with Crippen LogP contribution < -0.4 is 4.90 Å². The third-order valence-electron chi connectivity index (χ3n) is 5.31. The Morgan fingerprint density at radius 3 is 2.52 bits per heavy atom. The normalized spacial score (nSPS) is 32.3. The molecule has 2 aromatic carbocycles. The van der Waals surface area contributed by atoms with Crippen LogP contribution in [0.25, 0.3) is 0 Å². The molecule has 2 aromatic rings. The van der Waals surface area contributed by atoms with Gasteiger partial charge in [-0.1, -0.05) is 64.0 Å². The van der Waals surface area contributed by atoms with Crippen LogP contribution in [0.2, 0.25) is 0 Å².